The summed E-state index contributed by atoms with van der Waals surface area (Å²) in [6.07, 6.45) is 1.82. The second-order valence-corrected chi connectivity index (χ2v) is 7.37. The van der Waals surface area contributed by atoms with E-state index >= 15 is 0 Å². The molecule has 2 aromatic rings. The fraction of sp³-hybridized carbons (Fsp3) is 0.364. The van der Waals surface area contributed by atoms with E-state index < -0.39 is 0 Å². The molecular formula is C22H24N2O2. The molecule has 4 nitrogen and oxygen atoms in total. The van der Waals surface area contributed by atoms with Crippen LogP contribution in [0.25, 0.3) is 0 Å². The maximum atomic E-state index is 12.7. The minimum absolute atomic E-state index is 0.00590. The molecule has 2 saturated heterocycles. The van der Waals surface area contributed by atoms with E-state index in [1.807, 2.05) is 36.4 Å². The average molecular weight is 348 g/mol. The number of likely N-dealkylation sites (tertiary alicyclic amines) is 2. The smallest absolute Gasteiger partial charge is 0.234 e. The van der Waals surface area contributed by atoms with Crippen molar-refractivity contribution in [1.82, 2.24) is 9.80 Å². The third-order valence-corrected chi connectivity index (χ3v) is 5.81. The number of hydrogen-bond donors (Lipinski definition) is 0. The summed E-state index contributed by atoms with van der Waals surface area (Å²) in [5.74, 6) is -0.397. The Balaban J connectivity index is 1.56. The molecule has 3 atom stereocenters. The number of amides is 2. The summed E-state index contributed by atoms with van der Waals surface area (Å²) < 4.78 is 0. The SMILES string of the molecule is CN1C(=O)C2CN(Cc3ccccc3)[C@H](CCc3ccccc3)C2C1=O. The van der Waals surface area contributed by atoms with E-state index in [1.165, 1.54) is 16.0 Å². The molecule has 2 aromatic carbocycles. The number of carbonyl (C=O) groups excluding carboxylic acids is 2. The number of benzene rings is 2. The van der Waals surface area contributed by atoms with E-state index in [0.717, 1.165) is 19.4 Å². The van der Waals surface area contributed by atoms with Crippen LogP contribution in [0.4, 0.5) is 0 Å². The summed E-state index contributed by atoms with van der Waals surface area (Å²) in [4.78, 5) is 28.9. The normalized spacial score (nSPS) is 25.7. The lowest BCUT2D eigenvalue weighted by Gasteiger charge is -2.28. The van der Waals surface area contributed by atoms with E-state index in [4.69, 9.17) is 0 Å². The largest absolute Gasteiger partial charge is 0.294 e. The van der Waals surface area contributed by atoms with Gasteiger partial charge in [-0.05, 0) is 24.0 Å². The Kier molecular flexibility index (Phi) is 4.60. The number of carbonyl (C=O) groups is 2. The van der Waals surface area contributed by atoms with Gasteiger partial charge in [0.15, 0.2) is 0 Å². The molecule has 2 amide bonds. The summed E-state index contributed by atoms with van der Waals surface area (Å²) >= 11 is 0. The van der Waals surface area contributed by atoms with Gasteiger partial charge in [0.2, 0.25) is 11.8 Å². The Morgan fingerprint density at radius 3 is 2.15 bits per heavy atom. The third-order valence-electron chi connectivity index (χ3n) is 5.81. The highest BCUT2D eigenvalue weighted by Gasteiger charge is 2.55. The quantitative estimate of drug-likeness (QED) is 0.780. The molecule has 0 bridgehead atoms. The van der Waals surface area contributed by atoms with Crippen molar-refractivity contribution in [1.29, 1.82) is 0 Å². The summed E-state index contributed by atoms with van der Waals surface area (Å²) in [7, 11) is 1.62. The third kappa shape index (κ3) is 3.06. The molecule has 2 aliphatic heterocycles. The molecule has 4 heteroatoms. The van der Waals surface area contributed by atoms with Gasteiger partial charge in [-0.15, -0.1) is 0 Å². The Morgan fingerprint density at radius 2 is 1.50 bits per heavy atom. The highest BCUT2D eigenvalue weighted by molar-refractivity contribution is 6.05. The lowest BCUT2D eigenvalue weighted by molar-refractivity contribution is -0.139. The van der Waals surface area contributed by atoms with E-state index in [1.54, 1.807) is 7.05 Å². The van der Waals surface area contributed by atoms with Crippen LogP contribution in [0.2, 0.25) is 0 Å². The monoisotopic (exact) mass is 348 g/mol. The lowest BCUT2D eigenvalue weighted by atomic mass is 9.89. The van der Waals surface area contributed by atoms with Crippen LogP contribution in [0.15, 0.2) is 60.7 Å². The number of hydrogen-bond acceptors (Lipinski definition) is 3. The molecule has 4 rings (SSSR count). The van der Waals surface area contributed by atoms with E-state index in [9.17, 15) is 9.59 Å². The molecule has 2 unspecified atom stereocenters. The fourth-order valence-corrected chi connectivity index (χ4v) is 4.47. The van der Waals surface area contributed by atoms with Gasteiger partial charge < -0.3 is 0 Å². The predicted octanol–water partition coefficient (Wildman–Crippen LogP) is 2.73. The fourth-order valence-electron chi connectivity index (χ4n) is 4.47. The Morgan fingerprint density at radius 1 is 0.885 bits per heavy atom. The van der Waals surface area contributed by atoms with E-state index in [0.29, 0.717) is 6.54 Å². The molecule has 134 valence electrons. The summed E-state index contributed by atoms with van der Waals surface area (Å²) in [5.41, 5.74) is 2.51. The number of aryl methyl sites for hydroxylation is 1. The molecule has 0 spiro atoms. The first kappa shape index (κ1) is 17.0. The average Bonchev–Trinajstić information content (AvgIpc) is 3.13. The van der Waals surface area contributed by atoms with Crippen molar-refractivity contribution in [3.05, 3.63) is 71.8 Å². The number of rotatable bonds is 5. The van der Waals surface area contributed by atoms with Crippen LogP contribution in [-0.2, 0) is 22.6 Å². The molecular weight excluding hydrogens is 324 g/mol. The molecule has 0 N–H and O–H groups in total. The van der Waals surface area contributed by atoms with Crippen molar-refractivity contribution >= 4 is 11.8 Å². The van der Waals surface area contributed by atoms with Crippen LogP contribution >= 0.6 is 0 Å². The molecule has 0 aromatic heterocycles. The topological polar surface area (TPSA) is 40.6 Å². The predicted molar refractivity (Wildman–Crippen MR) is 100 cm³/mol. The summed E-state index contributed by atoms with van der Waals surface area (Å²) in [5, 5.41) is 0. The molecule has 26 heavy (non-hydrogen) atoms. The Labute approximate surface area is 154 Å². The van der Waals surface area contributed by atoms with Crippen molar-refractivity contribution < 1.29 is 9.59 Å². The molecule has 0 radical (unpaired) electrons. The number of fused-ring (bicyclic) bond motifs is 1. The Bertz CT molecular complexity index is 790. The standard InChI is InChI=1S/C22H24N2O2/c1-23-21(25)18-15-24(14-17-10-6-3-7-11-17)19(20(18)22(23)26)13-12-16-8-4-2-5-9-16/h2-11,18-20H,12-15H2,1H3/t18?,19-,20?/m1/s1. The van der Waals surface area contributed by atoms with Crippen LogP contribution in [0.5, 0.6) is 0 Å². The van der Waals surface area contributed by atoms with Gasteiger partial charge in [-0.25, -0.2) is 0 Å². The lowest BCUT2D eigenvalue weighted by Crippen LogP contribution is -2.39. The summed E-state index contributed by atoms with van der Waals surface area (Å²) in [6, 6.07) is 20.8. The second-order valence-electron chi connectivity index (χ2n) is 7.37. The van der Waals surface area contributed by atoms with Gasteiger partial charge in [-0.2, -0.15) is 0 Å². The molecule has 2 aliphatic rings. The molecule has 2 heterocycles. The zero-order chi connectivity index (χ0) is 18.1. The van der Waals surface area contributed by atoms with Crippen molar-refractivity contribution in [2.45, 2.75) is 25.4 Å². The van der Waals surface area contributed by atoms with Gasteiger partial charge in [-0.1, -0.05) is 60.7 Å². The van der Waals surface area contributed by atoms with Crippen LogP contribution in [0.1, 0.15) is 17.5 Å². The first-order chi connectivity index (χ1) is 12.6. The van der Waals surface area contributed by atoms with E-state index in [2.05, 4.69) is 29.2 Å². The highest BCUT2D eigenvalue weighted by atomic mass is 16.2. The first-order valence-corrected chi connectivity index (χ1v) is 9.28. The van der Waals surface area contributed by atoms with Gasteiger partial charge in [0.05, 0.1) is 11.8 Å². The minimum atomic E-state index is -0.195. The highest BCUT2D eigenvalue weighted by Crippen LogP contribution is 2.40. The van der Waals surface area contributed by atoms with Crippen molar-refractivity contribution in [3.63, 3.8) is 0 Å². The first-order valence-electron chi connectivity index (χ1n) is 9.28. The zero-order valence-corrected chi connectivity index (χ0v) is 15.0. The van der Waals surface area contributed by atoms with Gasteiger partial charge >= 0.3 is 0 Å². The van der Waals surface area contributed by atoms with Crippen LogP contribution in [0.3, 0.4) is 0 Å². The van der Waals surface area contributed by atoms with Crippen LogP contribution in [0, 0.1) is 11.8 Å². The summed E-state index contributed by atoms with van der Waals surface area (Å²) in [6.45, 7) is 1.46. The molecule has 2 fully saturated rings. The van der Waals surface area contributed by atoms with Crippen LogP contribution < -0.4 is 0 Å². The van der Waals surface area contributed by atoms with Crippen molar-refractivity contribution in [3.8, 4) is 0 Å². The van der Waals surface area contributed by atoms with Crippen molar-refractivity contribution in [2.75, 3.05) is 13.6 Å². The number of nitrogens with zero attached hydrogens (tertiary/aromatic N) is 2. The van der Waals surface area contributed by atoms with Crippen LogP contribution in [-0.4, -0.2) is 41.2 Å². The Hall–Kier alpha value is -2.46. The second kappa shape index (κ2) is 7.04. The molecule has 0 saturated carbocycles. The van der Waals surface area contributed by atoms with Crippen molar-refractivity contribution in [2.24, 2.45) is 11.8 Å². The maximum Gasteiger partial charge on any atom is 0.234 e. The van der Waals surface area contributed by atoms with Gasteiger partial charge in [0, 0.05) is 26.2 Å². The van der Waals surface area contributed by atoms with Gasteiger partial charge in [0.25, 0.3) is 0 Å². The van der Waals surface area contributed by atoms with Gasteiger partial charge in [-0.3, -0.25) is 19.4 Å². The maximum absolute atomic E-state index is 12.7. The molecule has 0 aliphatic carbocycles. The van der Waals surface area contributed by atoms with E-state index in [-0.39, 0.29) is 29.7 Å². The zero-order valence-electron chi connectivity index (χ0n) is 15.0. The minimum Gasteiger partial charge on any atom is -0.294 e. The number of imide groups is 1. The van der Waals surface area contributed by atoms with Gasteiger partial charge in [0.1, 0.15) is 0 Å².